The minimum absolute atomic E-state index is 0.334. The lowest BCUT2D eigenvalue weighted by Gasteiger charge is -2.37. The van der Waals surface area contributed by atoms with Crippen LogP contribution in [0.4, 0.5) is 0 Å². The highest BCUT2D eigenvalue weighted by molar-refractivity contribution is 5.22. The van der Waals surface area contributed by atoms with Gasteiger partial charge in [0, 0.05) is 17.8 Å². The first-order valence-corrected chi connectivity index (χ1v) is 6.92. The summed E-state index contributed by atoms with van der Waals surface area (Å²) in [5, 5.41) is 0. The molecule has 0 amide bonds. The van der Waals surface area contributed by atoms with E-state index in [1.54, 1.807) is 0 Å². The fourth-order valence-corrected chi connectivity index (χ4v) is 3.76. The molecule has 1 heterocycles. The molecular weight excluding hydrogens is 206 g/mol. The predicted molar refractivity (Wildman–Crippen MR) is 72.6 cm³/mol. The lowest BCUT2D eigenvalue weighted by Crippen LogP contribution is -2.37. The first-order valence-electron chi connectivity index (χ1n) is 6.92. The molecule has 1 nitrogen and oxygen atoms in total. The fourth-order valence-electron chi connectivity index (χ4n) is 3.76. The van der Waals surface area contributed by atoms with Crippen molar-refractivity contribution in [2.24, 2.45) is 11.3 Å². The van der Waals surface area contributed by atoms with E-state index in [2.05, 4.69) is 49.6 Å². The molecule has 1 heteroatoms. The van der Waals surface area contributed by atoms with E-state index < -0.39 is 0 Å². The number of hydrogen-bond acceptors (Lipinski definition) is 1. The third-order valence-electron chi connectivity index (χ3n) is 4.91. The summed E-state index contributed by atoms with van der Waals surface area (Å²) >= 11 is 0. The average Bonchev–Trinajstić information content (AvgIpc) is 3.07. The SMILES string of the molecule is C=C1CC(C2(C)C=CC=CC2)C(C)N1C1CC1. The van der Waals surface area contributed by atoms with Crippen molar-refractivity contribution in [1.29, 1.82) is 0 Å². The van der Waals surface area contributed by atoms with Crippen LogP contribution in [0.5, 0.6) is 0 Å². The van der Waals surface area contributed by atoms with Crippen LogP contribution in [0, 0.1) is 11.3 Å². The van der Waals surface area contributed by atoms with Crippen LogP contribution < -0.4 is 0 Å². The molecule has 92 valence electrons. The monoisotopic (exact) mass is 229 g/mol. The summed E-state index contributed by atoms with van der Waals surface area (Å²) in [4.78, 5) is 2.61. The normalized spacial score (nSPS) is 41.3. The minimum Gasteiger partial charge on any atom is -0.369 e. The van der Waals surface area contributed by atoms with E-state index in [1.807, 2.05) is 0 Å². The predicted octanol–water partition coefficient (Wildman–Crippen LogP) is 3.90. The van der Waals surface area contributed by atoms with Crippen LogP contribution in [0.15, 0.2) is 36.6 Å². The van der Waals surface area contributed by atoms with Crippen molar-refractivity contribution in [2.45, 2.75) is 51.6 Å². The molecule has 3 aliphatic rings. The van der Waals surface area contributed by atoms with E-state index in [9.17, 15) is 0 Å². The Balaban J connectivity index is 1.82. The Morgan fingerprint density at radius 2 is 2.12 bits per heavy atom. The van der Waals surface area contributed by atoms with Gasteiger partial charge in [-0.3, -0.25) is 0 Å². The highest BCUT2D eigenvalue weighted by atomic mass is 15.2. The molecule has 3 rings (SSSR count). The number of nitrogens with zero attached hydrogens (tertiary/aromatic N) is 1. The first kappa shape index (κ1) is 11.1. The van der Waals surface area contributed by atoms with Gasteiger partial charge in [0.15, 0.2) is 0 Å². The molecule has 0 aromatic heterocycles. The van der Waals surface area contributed by atoms with Gasteiger partial charge in [-0.2, -0.15) is 0 Å². The van der Waals surface area contributed by atoms with Gasteiger partial charge < -0.3 is 4.90 Å². The maximum atomic E-state index is 4.31. The van der Waals surface area contributed by atoms with Crippen LogP contribution in [0.25, 0.3) is 0 Å². The summed E-state index contributed by atoms with van der Waals surface area (Å²) < 4.78 is 0. The zero-order chi connectivity index (χ0) is 12.0. The molecule has 0 aromatic carbocycles. The molecule has 0 aromatic rings. The summed E-state index contributed by atoms with van der Waals surface area (Å²) in [6.45, 7) is 9.12. The molecule has 3 atom stereocenters. The number of rotatable bonds is 2. The van der Waals surface area contributed by atoms with Crippen LogP contribution in [0.3, 0.4) is 0 Å². The van der Waals surface area contributed by atoms with Crippen molar-refractivity contribution in [1.82, 2.24) is 4.90 Å². The van der Waals surface area contributed by atoms with Gasteiger partial charge >= 0.3 is 0 Å². The number of hydrogen-bond donors (Lipinski definition) is 0. The molecule has 1 saturated heterocycles. The van der Waals surface area contributed by atoms with Crippen LogP contribution in [0.1, 0.15) is 39.5 Å². The first-order chi connectivity index (χ1) is 8.12. The Hall–Kier alpha value is -0.980. The smallest absolute Gasteiger partial charge is 0.0301 e. The van der Waals surface area contributed by atoms with Gasteiger partial charge in [-0.05, 0) is 43.9 Å². The lowest BCUT2D eigenvalue weighted by molar-refractivity contribution is 0.175. The van der Waals surface area contributed by atoms with Gasteiger partial charge in [0.05, 0.1) is 0 Å². The summed E-state index contributed by atoms with van der Waals surface area (Å²) in [7, 11) is 0. The molecule has 3 unspecified atom stereocenters. The Morgan fingerprint density at radius 3 is 2.71 bits per heavy atom. The van der Waals surface area contributed by atoms with E-state index in [0.717, 1.165) is 12.0 Å². The molecule has 0 radical (unpaired) electrons. The van der Waals surface area contributed by atoms with Crippen LogP contribution >= 0.6 is 0 Å². The van der Waals surface area contributed by atoms with E-state index >= 15 is 0 Å². The largest absolute Gasteiger partial charge is 0.369 e. The third kappa shape index (κ3) is 1.76. The van der Waals surface area contributed by atoms with E-state index in [-0.39, 0.29) is 0 Å². The Kier molecular flexibility index (Phi) is 2.46. The molecule has 17 heavy (non-hydrogen) atoms. The molecule has 1 saturated carbocycles. The van der Waals surface area contributed by atoms with Gasteiger partial charge in [0.1, 0.15) is 0 Å². The van der Waals surface area contributed by atoms with Gasteiger partial charge in [0.25, 0.3) is 0 Å². The highest BCUT2D eigenvalue weighted by Gasteiger charge is 2.47. The van der Waals surface area contributed by atoms with Gasteiger partial charge in [-0.15, -0.1) is 0 Å². The summed E-state index contributed by atoms with van der Waals surface area (Å²) in [6, 6.07) is 1.48. The van der Waals surface area contributed by atoms with Crippen molar-refractivity contribution < 1.29 is 0 Å². The fraction of sp³-hybridized carbons (Fsp3) is 0.625. The lowest BCUT2D eigenvalue weighted by atomic mass is 9.69. The summed E-state index contributed by atoms with van der Waals surface area (Å²) in [5.41, 5.74) is 1.72. The van der Waals surface area contributed by atoms with E-state index in [0.29, 0.717) is 11.5 Å². The Bertz CT molecular complexity index is 388. The zero-order valence-corrected chi connectivity index (χ0v) is 11.0. The number of likely N-dealkylation sites (tertiary alicyclic amines) is 1. The molecule has 0 N–H and O–H groups in total. The molecule has 2 aliphatic carbocycles. The van der Waals surface area contributed by atoms with E-state index in [1.165, 1.54) is 31.4 Å². The second kappa shape index (κ2) is 3.76. The second-order valence-electron chi connectivity index (χ2n) is 6.25. The van der Waals surface area contributed by atoms with E-state index in [4.69, 9.17) is 0 Å². The standard InChI is InChI=1S/C16H23N/c1-12-11-15(13(2)17(12)14-7-8-14)16(3)9-5-4-6-10-16/h4-6,9,13-15H,1,7-8,10-11H2,2-3H3. The molecular formula is C16H23N. The Morgan fingerprint density at radius 1 is 1.35 bits per heavy atom. The van der Waals surface area contributed by atoms with Crippen LogP contribution in [0.2, 0.25) is 0 Å². The van der Waals surface area contributed by atoms with Gasteiger partial charge in [-0.25, -0.2) is 0 Å². The highest BCUT2D eigenvalue weighted by Crippen LogP contribution is 2.50. The van der Waals surface area contributed by atoms with Crippen molar-refractivity contribution >= 4 is 0 Å². The number of allylic oxidation sites excluding steroid dienone is 5. The molecule has 1 aliphatic heterocycles. The van der Waals surface area contributed by atoms with Crippen LogP contribution in [-0.2, 0) is 0 Å². The second-order valence-corrected chi connectivity index (χ2v) is 6.25. The summed E-state index contributed by atoms with van der Waals surface area (Å²) in [5.74, 6) is 0.733. The molecule has 2 fully saturated rings. The quantitative estimate of drug-likeness (QED) is 0.694. The minimum atomic E-state index is 0.334. The average molecular weight is 229 g/mol. The van der Waals surface area contributed by atoms with Gasteiger partial charge in [-0.1, -0.05) is 37.8 Å². The van der Waals surface area contributed by atoms with Crippen molar-refractivity contribution in [3.8, 4) is 0 Å². The third-order valence-corrected chi connectivity index (χ3v) is 4.91. The Labute approximate surface area is 105 Å². The summed E-state index contributed by atoms with van der Waals surface area (Å²) in [6.07, 6.45) is 14.3. The zero-order valence-electron chi connectivity index (χ0n) is 11.0. The van der Waals surface area contributed by atoms with Gasteiger partial charge in [0.2, 0.25) is 0 Å². The van der Waals surface area contributed by atoms with Crippen molar-refractivity contribution in [2.75, 3.05) is 0 Å². The van der Waals surface area contributed by atoms with Crippen molar-refractivity contribution in [3.05, 3.63) is 36.6 Å². The molecule has 0 bridgehead atoms. The van der Waals surface area contributed by atoms with Crippen molar-refractivity contribution in [3.63, 3.8) is 0 Å². The maximum Gasteiger partial charge on any atom is 0.0301 e. The maximum absolute atomic E-state index is 4.31. The van der Waals surface area contributed by atoms with Crippen LogP contribution in [-0.4, -0.2) is 17.0 Å². The topological polar surface area (TPSA) is 3.24 Å². The molecule has 0 spiro atoms.